The van der Waals surface area contributed by atoms with Crippen LogP contribution in [0.1, 0.15) is 11.1 Å². The summed E-state index contributed by atoms with van der Waals surface area (Å²) in [6.07, 6.45) is 0.735. The molecule has 0 radical (unpaired) electrons. The lowest BCUT2D eigenvalue weighted by atomic mass is 10.1. The van der Waals surface area contributed by atoms with Gasteiger partial charge in [0.2, 0.25) is 0 Å². The summed E-state index contributed by atoms with van der Waals surface area (Å²) >= 11 is 6.03. The Morgan fingerprint density at radius 1 is 1.23 bits per heavy atom. The van der Waals surface area contributed by atoms with Gasteiger partial charge in [-0.15, -0.1) is 0 Å². The highest BCUT2D eigenvalue weighted by molar-refractivity contribution is 6.31. The molecule has 2 amide bonds. The zero-order valence-electron chi connectivity index (χ0n) is 12.7. The average Bonchev–Trinajstić information content (AvgIpc) is 2.52. The number of urea groups is 1. The molecule has 22 heavy (non-hydrogen) atoms. The summed E-state index contributed by atoms with van der Waals surface area (Å²) in [6, 6.07) is 13.0. The van der Waals surface area contributed by atoms with E-state index in [-0.39, 0.29) is 6.03 Å². The van der Waals surface area contributed by atoms with Crippen LogP contribution in [0.25, 0.3) is 0 Å². The quantitative estimate of drug-likeness (QED) is 0.874. The summed E-state index contributed by atoms with van der Waals surface area (Å²) in [5, 5.41) is 6.26. The number of nitrogens with one attached hydrogen (secondary N) is 2. The molecule has 0 saturated heterocycles. The van der Waals surface area contributed by atoms with E-state index in [1.165, 1.54) is 0 Å². The van der Waals surface area contributed by atoms with Crippen LogP contribution < -0.4 is 15.4 Å². The van der Waals surface area contributed by atoms with Gasteiger partial charge in [0.1, 0.15) is 5.75 Å². The molecule has 2 N–H and O–H groups in total. The van der Waals surface area contributed by atoms with E-state index >= 15 is 0 Å². The van der Waals surface area contributed by atoms with Crippen molar-refractivity contribution in [1.29, 1.82) is 0 Å². The van der Waals surface area contributed by atoms with E-state index in [1.54, 1.807) is 19.2 Å². The average molecular weight is 319 g/mol. The van der Waals surface area contributed by atoms with Crippen LogP contribution in [0.4, 0.5) is 10.5 Å². The molecule has 4 nitrogen and oxygen atoms in total. The number of amides is 2. The Morgan fingerprint density at radius 2 is 2.00 bits per heavy atom. The first-order valence-corrected chi connectivity index (χ1v) is 7.41. The zero-order valence-corrected chi connectivity index (χ0v) is 13.4. The molecule has 0 heterocycles. The van der Waals surface area contributed by atoms with Crippen LogP contribution in [0.2, 0.25) is 5.02 Å². The highest BCUT2D eigenvalue weighted by Gasteiger charge is 2.06. The third-order valence-corrected chi connectivity index (χ3v) is 3.76. The lowest BCUT2D eigenvalue weighted by Crippen LogP contribution is -2.30. The van der Waals surface area contributed by atoms with Crippen LogP contribution in [0.3, 0.4) is 0 Å². The van der Waals surface area contributed by atoms with Gasteiger partial charge in [0.25, 0.3) is 0 Å². The number of hydrogen-bond donors (Lipinski definition) is 2. The van der Waals surface area contributed by atoms with Gasteiger partial charge in [-0.2, -0.15) is 0 Å². The zero-order chi connectivity index (χ0) is 15.9. The van der Waals surface area contributed by atoms with Crippen molar-refractivity contribution in [2.45, 2.75) is 13.3 Å². The van der Waals surface area contributed by atoms with Gasteiger partial charge in [-0.25, -0.2) is 4.79 Å². The summed E-state index contributed by atoms with van der Waals surface area (Å²) in [4.78, 5) is 11.9. The predicted octanol–water partition coefficient (Wildman–Crippen LogP) is 4.02. The Balaban J connectivity index is 1.84. The Labute approximate surface area is 135 Å². The second kappa shape index (κ2) is 7.71. The van der Waals surface area contributed by atoms with Crippen LogP contribution in [0.5, 0.6) is 5.75 Å². The topological polar surface area (TPSA) is 50.4 Å². The molecule has 0 aliphatic carbocycles. The van der Waals surface area contributed by atoms with E-state index in [1.807, 2.05) is 37.3 Å². The molecular weight excluding hydrogens is 300 g/mol. The molecule has 0 atom stereocenters. The molecule has 0 saturated carbocycles. The Kier molecular flexibility index (Phi) is 5.67. The van der Waals surface area contributed by atoms with E-state index in [0.717, 1.165) is 23.3 Å². The van der Waals surface area contributed by atoms with Crippen LogP contribution in [-0.2, 0) is 6.42 Å². The van der Waals surface area contributed by atoms with Gasteiger partial charge in [0.15, 0.2) is 0 Å². The van der Waals surface area contributed by atoms with Gasteiger partial charge in [-0.05, 0) is 48.7 Å². The minimum Gasteiger partial charge on any atom is -0.497 e. The first-order valence-electron chi connectivity index (χ1n) is 7.03. The minimum absolute atomic E-state index is 0.242. The third kappa shape index (κ3) is 4.40. The van der Waals surface area contributed by atoms with Gasteiger partial charge in [0, 0.05) is 17.3 Å². The lowest BCUT2D eigenvalue weighted by molar-refractivity contribution is 0.252. The lowest BCUT2D eigenvalue weighted by Gasteiger charge is -2.11. The number of carbonyl (C=O) groups is 1. The molecule has 0 aliphatic heterocycles. The van der Waals surface area contributed by atoms with Gasteiger partial charge in [-0.3, -0.25) is 0 Å². The fourth-order valence-electron chi connectivity index (χ4n) is 2.06. The SMILES string of the molecule is COc1cccc(CCNC(=O)Nc2cccc(Cl)c2C)c1. The van der Waals surface area contributed by atoms with E-state index in [9.17, 15) is 4.79 Å². The smallest absolute Gasteiger partial charge is 0.319 e. The highest BCUT2D eigenvalue weighted by Crippen LogP contribution is 2.22. The molecule has 2 aromatic rings. The van der Waals surface area contributed by atoms with Crippen molar-refractivity contribution in [2.75, 3.05) is 19.0 Å². The maximum Gasteiger partial charge on any atom is 0.319 e. The number of anilines is 1. The van der Waals surface area contributed by atoms with Crippen LogP contribution in [-0.4, -0.2) is 19.7 Å². The first-order chi connectivity index (χ1) is 10.6. The largest absolute Gasteiger partial charge is 0.497 e. The van der Waals surface area contributed by atoms with Gasteiger partial charge in [-0.1, -0.05) is 29.8 Å². The normalized spacial score (nSPS) is 10.1. The third-order valence-electron chi connectivity index (χ3n) is 3.35. The van der Waals surface area contributed by atoms with E-state index in [0.29, 0.717) is 17.3 Å². The van der Waals surface area contributed by atoms with E-state index < -0.39 is 0 Å². The second-order valence-corrected chi connectivity index (χ2v) is 5.30. The number of rotatable bonds is 5. The molecule has 0 aromatic heterocycles. The van der Waals surface area contributed by atoms with E-state index in [2.05, 4.69) is 10.6 Å². The summed E-state index contributed by atoms with van der Waals surface area (Å²) in [6.45, 7) is 2.41. The summed E-state index contributed by atoms with van der Waals surface area (Å²) in [7, 11) is 1.64. The summed E-state index contributed by atoms with van der Waals surface area (Å²) in [5.74, 6) is 0.816. The number of halogens is 1. The molecule has 0 bridgehead atoms. The Hall–Kier alpha value is -2.20. The van der Waals surface area contributed by atoms with Gasteiger partial charge in [0.05, 0.1) is 7.11 Å². The maximum atomic E-state index is 11.9. The molecule has 0 fully saturated rings. The van der Waals surface area contributed by atoms with Gasteiger partial charge < -0.3 is 15.4 Å². The van der Waals surface area contributed by atoms with Crippen molar-refractivity contribution in [2.24, 2.45) is 0 Å². The number of carbonyl (C=O) groups excluding carboxylic acids is 1. The summed E-state index contributed by atoms with van der Waals surface area (Å²) < 4.78 is 5.17. The number of hydrogen-bond acceptors (Lipinski definition) is 2. The van der Waals surface area contributed by atoms with Crippen LogP contribution >= 0.6 is 11.6 Å². The van der Waals surface area contributed by atoms with E-state index in [4.69, 9.17) is 16.3 Å². The molecule has 0 spiro atoms. The fraction of sp³-hybridized carbons (Fsp3) is 0.235. The monoisotopic (exact) mass is 318 g/mol. The Morgan fingerprint density at radius 3 is 2.77 bits per heavy atom. The molecule has 116 valence electrons. The van der Waals surface area contributed by atoms with Crippen molar-refractivity contribution < 1.29 is 9.53 Å². The number of ether oxygens (including phenoxy) is 1. The molecular formula is C17H19ClN2O2. The van der Waals surface area contributed by atoms with Crippen molar-refractivity contribution in [1.82, 2.24) is 5.32 Å². The van der Waals surface area contributed by atoms with Crippen LogP contribution in [0.15, 0.2) is 42.5 Å². The molecule has 5 heteroatoms. The van der Waals surface area contributed by atoms with Crippen molar-refractivity contribution >= 4 is 23.3 Å². The predicted molar refractivity (Wildman–Crippen MR) is 89.9 cm³/mol. The van der Waals surface area contributed by atoms with Crippen molar-refractivity contribution in [3.05, 3.63) is 58.6 Å². The molecule has 0 aliphatic rings. The Bertz CT molecular complexity index is 659. The molecule has 2 rings (SSSR count). The second-order valence-electron chi connectivity index (χ2n) is 4.89. The van der Waals surface area contributed by atoms with Crippen molar-refractivity contribution in [3.8, 4) is 5.75 Å². The minimum atomic E-state index is -0.242. The highest BCUT2D eigenvalue weighted by atomic mass is 35.5. The molecule has 0 unspecified atom stereocenters. The van der Waals surface area contributed by atoms with Crippen molar-refractivity contribution in [3.63, 3.8) is 0 Å². The number of methoxy groups -OCH3 is 1. The maximum absolute atomic E-state index is 11.9. The standard InChI is InChI=1S/C17H19ClN2O2/c1-12-15(18)7-4-8-16(12)20-17(21)19-10-9-13-5-3-6-14(11-13)22-2/h3-8,11H,9-10H2,1-2H3,(H2,19,20,21). The number of benzene rings is 2. The van der Waals surface area contributed by atoms with Gasteiger partial charge >= 0.3 is 6.03 Å². The first kappa shape index (κ1) is 16.2. The summed E-state index contributed by atoms with van der Waals surface area (Å²) in [5.41, 5.74) is 2.68. The van der Waals surface area contributed by atoms with Crippen LogP contribution in [0, 0.1) is 6.92 Å². The molecule has 2 aromatic carbocycles. The fourth-order valence-corrected chi connectivity index (χ4v) is 2.23.